The molecule has 2 rings (SSSR count). The Kier molecular flexibility index (Phi) is 7.71. The van der Waals surface area contributed by atoms with Gasteiger partial charge in [0.05, 0.1) is 17.2 Å². The minimum Gasteiger partial charge on any atom is -0.492 e. The minimum atomic E-state index is -4.01. The first-order valence-electron chi connectivity index (χ1n) is 9.02. The van der Waals surface area contributed by atoms with E-state index in [0.717, 1.165) is 4.31 Å². The Labute approximate surface area is 171 Å². The molecule has 1 N–H and O–H groups in total. The molecule has 0 saturated heterocycles. The first-order chi connectivity index (χ1) is 13.3. The van der Waals surface area contributed by atoms with Gasteiger partial charge in [-0.15, -0.1) is 0 Å². The second kappa shape index (κ2) is 9.80. The number of anilines is 1. The monoisotopic (exact) mass is 424 g/mol. The molecule has 2 aromatic carbocycles. The summed E-state index contributed by atoms with van der Waals surface area (Å²) in [6, 6.07) is 12.6. The molecule has 0 aliphatic heterocycles. The number of ether oxygens (including phenoxy) is 1. The quantitative estimate of drug-likeness (QED) is 0.665. The molecule has 0 aromatic heterocycles. The minimum absolute atomic E-state index is 0.0415. The number of nitrogens with one attached hydrogen (secondary N) is 1. The van der Waals surface area contributed by atoms with Gasteiger partial charge in [-0.3, -0.25) is 9.10 Å². The van der Waals surface area contributed by atoms with Crippen LogP contribution in [0.1, 0.15) is 20.8 Å². The lowest BCUT2D eigenvalue weighted by molar-refractivity contribution is -0.119. The summed E-state index contributed by atoms with van der Waals surface area (Å²) < 4.78 is 33.3. The molecule has 0 aliphatic rings. The second-order valence-corrected chi connectivity index (χ2v) is 8.86. The number of carbonyl (C=O) groups excluding carboxylic acids is 1. The van der Waals surface area contributed by atoms with Crippen LogP contribution in [0, 0.1) is 5.92 Å². The molecular formula is C20H25ClN2O4S. The van der Waals surface area contributed by atoms with Gasteiger partial charge >= 0.3 is 0 Å². The number of para-hydroxylation sites is 2. The fraction of sp³-hybridized carbons (Fsp3) is 0.350. The molecule has 0 heterocycles. The standard InChI is InChI=1S/C20H25ClN2O4S/c1-4-27-19-8-6-5-7-18(19)23(14-20(24)22-13-15(2)3)28(25,26)17-11-9-16(21)10-12-17/h5-12,15H,4,13-14H2,1-3H3,(H,22,24). The van der Waals surface area contributed by atoms with E-state index in [1.807, 2.05) is 20.8 Å². The molecular weight excluding hydrogens is 400 g/mol. The summed E-state index contributed by atoms with van der Waals surface area (Å²) in [6.45, 7) is 6.21. The van der Waals surface area contributed by atoms with Gasteiger partial charge in [-0.1, -0.05) is 37.6 Å². The molecule has 0 bridgehead atoms. The average Bonchev–Trinajstić information content (AvgIpc) is 2.65. The Hall–Kier alpha value is -2.25. The molecule has 0 saturated carbocycles. The van der Waals surface area contributed by atoms with Crippen LogP contribution in [-0.4, -0.2) is 34.0 Å². The molecule has 1 amide bonds. The zero-order valence-corrected chi connectivity index (χ0v) is 17.8. The van der Waals surface area contributed by atoms with E-state index in [-0.39, 0.29) is 17.4 Å². The lowest BCUT2D eigenvalue weighted by Crippen LogP contribution is -2.42. The third kappa shape index (κ3) is 5.62. The van der Waals surface area contributed by atoms with Gasteiger partial charge in [0.2, 0.25) is 5.91 Å². The van der Waals surface area contributed by atoms with Crippen LogP contribution in [-0.2, 0) is 14.8 Å². The highest BCUT2D eigenvalue weighted by atomic mass is 35.5. The number of nitrogens with zero attached hydrogens (tertiary/aromatic N) is 1. The lowest BCUT2D eigenvalue weighted by Gasteiger charge is -2.26. The zero-order chi connectivity index (χ0) is 20.7. The number of sulfonamides is 1. The third-order valence-electron chi connectivity index (χ3n) is 3.83. The molecule has 28 heavy (non-hydrogen) atoms. The van der Waals surface area contributed by atoms with Gasteiger partial charge in [0.1, 0.15) is 12.3 Å². The molecule has 0 aliphatic carbocycles. The SMILES string of the molecule is CCOc1ccccc1N(CC(=O)NCC(C)C)S(=O)(=O)c1ccc(Cl)cc1. The number of carbonyl (C=O) groups is 1. The van der Waals surface area contributed by atoms with E-state index in [4.69, 9.17) is 16.3 Å². The van der Waals surface area contributed by atoms with Crippen LogP contribution >= 0.6 is 11.6 Å². The number of hydrogen-bond donors (Lipinski definition) is 1. The van der Waals surface area contributed by atoms with E-state index in [1.54, 1.807) is 24.3 Å². The second-order valence-electron chi connectivity index (χ2n) is 6.56. The maximum atomic E-state index is 13.3. The van der Waals surface area contributed by atoms with Crippen molar-refractivity contribution in [2.24, 2.45) is 5.92 Å². The Morgan fingerprint density at radius 3 is 2.39 bits per heavy atom. The molecule has 0 fully saturated rings. The molecule has 0 atom stereocenters. The van der Waals surface area contributed by atoms with E-state index in [2.05, 4.69) is 5.32 Å². The largest absolute Gasteiger partial charge is 0.492 e. The first kappa shape index (κ1) is 22.0. The van der Waals surface area contributed by atoms with E-state index in [0.29, 0.717) is 29.6 Å². The predicted molar refractivity (Wildman–Crippen MR) is 111 cm³/mol. The lowest BCUT2D eigenvalue weighted by atomic mass is 10.2. The number of hydrogen-bond acceptors (Lipinski definition) is 4. The summed E-state index contributed by atoms with van der Waals surface area (Å²) in [5.74, 6) is 0.248. The number of amides is 1. The Morgan fingerprint density at radius 2 is 1.79 bits per heavy atom. The van der Waals surface area contributed by atoms with Crippen molar-refractivity contribution < 1.29 is 17.9 Å². The number of halogens is 1. The van der Waals surface area contributed by atoms with Crippen molar-refractivity contribution >= 4 is 33.2 Å². The Balaban J connectivity index is 2.47. The van der Waals surface area contributed by atoms with Gasteiger partial charge in [0.25, 0.3) is 10.0 Å². The van der Waals surface area contributed by atoms with Crippen molar-refractivity contribution in [3.8, 4) is 5.75 Å². The average molecular weight is 425 g/mol. The molecule has 0 unspecified atom stereocenters. The molecule has 2 aromatic rings. The van der Waals surface area contributed by atoms with Gasteiger partial charge in [-0.2, -0.15) is 0 Å². The highest BCUT2D eigenvalue weighted by Gasteiger charge is 2.29. The zero-order valence-electron chi connectivity index (χ0n) is 16.2. The van der Waals surface area contributed by atoms with Crippen LogP contribution in [0.2, 0.25) is 5.02 Å². The van der Waals surface area contributed by atoms with Gasteiger partial charge in [-0.05, 0) is 49.2 Å². The summed E-state index contributed by atoms with van der Waals surface area (Å²) in [7, 11) is -4.01. The summed E-state index contributed by atoms with van der Waals surface area (Å²) in [5, 5.41) is 3.19. The molecule has 6 nitrogen and oxygen atoms in total. The van der Waals surface area contributed by atoms with Crippen molar-refractivity contribution in [2.45, 2.75) is 25.7 Å². The summed E-state index contributed by atoms with van der Waals surface area (Å²) >= 11 is 5.89. The molecule has 0 spiro atoms. The fourth-order valence-corrected chi connectivity index (χ4v) is 4.04. The summed E-state index contributed by atoms with van der Waals surface area (Å²) in [6.07, 6.45) is 0. The van der Waals surface area contributed by atoms with Crippen LogP contribution in [0.4, 0.5) is 5.69 Å². The van der Waals surface area contributed by atoms with Gasteiger partial charge in [0.15, 0.2) is 0 Å². The number of benzene rings is 2. The van der Waals surface area contributed by atoms with Crippen molar-refractivity contribution in [2.75, 3.05) is 24.0 Å². The van der Waals surface area contributed by atoms with Crippen LogP contribution in [0.5, 0.6) is 5.75 Å². The maximum Gasteiger partial charge on any atom is 0.264 e. The fourth-order valence-electron chi connectivity index (χ4n) is 2.48. The van der Waals surface area contributed by atoms with Crippen molar-refractivity contribution in [1.82, 2.24) is 5.32 Å². The van der Waals surface area contributed by atoms with Gasteiger partial charge < -0.3 is 10.1 Å². The normalized spacial score (nSPS) is 11.3. The Bertz CT molecular complexity index is 899. The van der Waals surface area contributed by atoms with Crippen LogP contribution in [0.3, 0.4) is 0 Å². The Morgan fingerprint density at radius 1 is 1.14 bits per heavy atom. The van der Waals surface area contributed by atoms with Crippen molar-refractivity contribution in [3.05, 3.63) is 53.6 Å². The van der Waals surface area contributed by atoms with E-state index in [1.165, 1.54) is 24.3 Å². The topological polar surface area (TPSA) is 75.7 Å². The van der Waals surface area contributed by atoms with Gasteiger partial charge in [-0.25, -0.2) is 8.42 Å². The highest BCUT2D eigenvalue weighted by Crippen LogP contribution is 2.32. The third-order valence-corrected chi connectivity index (χ3v) is 5.86. The number of rotatable bonds is 9. The first-order valence-corrected chi connectivity index (χ1v) is 10.8. The van der Waals surface area contributed by atoms with Crippen LogP contribution in [0.15, 0.2) is 53.4 Å². The summed E-state index contributed by atoms with van der Waals surface area (Å²) in [4.78, 5) is 12.5. The predicted octanol–water partition coefficient (Wildman–Crippen LogP) is 3.71. The summed E-state index contributed by atoms with van der Waals surface area (Å²) in [5.41, 5.74) is 0.305. The maximum absolute atomic E-state index is 13.3. The van der Waals surface area contributed by atoms with Crippen molar-refractivity contribution in [1.29, 1.82) is 0 Å². The highest BCUT2D eigenvalue weighted by molar-refractivity contribution is 7.92. The molecule has 152 valence electrons. The van der Waals surface area contributed by atoms with E-state index in [9.17, 15) is 13.2 Å². The van der Waals surface area contributed by atoms with E-state index < -0.39 is 15.9 Å². The van der Waals surface area contributed by atoms with Crippen LogP contribution in [0.25, 0.3) is 0 Å². The van der Waals surface area contributed by atoms with E-state index >= 15 is 0 Å². The van der Waals surface area contributed by atoms with Gasteiger partial charge in [0, 0.05) is 11.6 Å². The molecule has 8 heteroatoms. The van der Waals surface area contributed by atoms with Crippen molar-refractivity contribution in [3.63, 3.8) is 0 Å². The molecule has 0 radical (unpaired) electrons. The smallest absolute Gasteiger partial charge is 0.264 e. The van der Waals surface area contributed by atoms with Crippen LogP contribution < -0.4 is 14.4 Å².